The van der Waals surface area contributed by atoms with Gasteiger partial charge in [-0.2, -0.15) is 0 Å². The molecule has 1 aromatic rings. The number of hydrogen-bond acceptors (Lipinski definition) is 2. The van der Waals surface area contributed by atoms with Gasteiger partial charge in [0.15, 0.2) is 0 Å². The summed E-state index contributed by atoms with van der Waals surface area (Å²) in [5, 5.41) is 5.74. The molecule has 2 amide bonds. The monoisotopic (exact) mass is 308 g/mol. The highest BCUT2D eigenvalue weighted by molar-refractivity contribution is 6.39. The Bertz CT molecular complexity index is 499. The molecule has 2 rings (SSSR count). The largest absolute Gasteiger partial charge is 0.348 e. The van der Waals surface area contributed by atoms with Gasteiger partial charge in [0.1, 0.15) is 0 Å². The summed E-state index contributed by atoms with van der Waals surface area (Å²) < 4.78 is 0. The van der Waals surface area contributed by atoms with E-state index in [9.17, 15) is 9.59 Å². The van der Waals surface area contributed by atoms with E-state index in [1.54, 1.807) is 24.3 Å². The molecule has 5 heteroatoms. The van der Waals surface area contributed by atoms with Crippen LogP contribution in [0.15, 0.2) is 24.3 Å². The minimum atomic E-state index is -0.652. The molecule has 4 nitrogen and oxygen atoms in total. The van der Waals surface area contributed by atoms with Gasteiger partial charge < -0.3 is 10.6 Å². The zero-order valence-electron chi connectivity index (χ0n) is 12.0. The molecule has 1 aliphatic rings. The van der Waals surface area contributed by atoms with Crippen molar-refractivity contribution in [3.05, 3.63) is 29.3 Å². The summed E-state index contributed by atoms with van der Waals surface area (Å²) in [6.07, 6.45) is 7.33. The second kappa shape index (κ2) is 8.03. The molecular formula is C16H21ClN2O2. The molecule has 0 spiro atoms. The lowest BCUT2D eigenvalue weighted by molar-refractivity contribution is -0.136. The maximum atomic E-state index is 11.7. The number of carbonyl (C=O) groups excluding carboxylic acids is 2. The summed E-state index contributed by atoms with van der Waals surface area (Å²) in [6.45, 7) is 0.562. The van der Waals surface area contributed by atoms with Crippen molar-refractivity contribution in [2.45, 2.75) is 38.5 Å². The topological polar surface area (TPSA) is 58.2 Å². The summed E-state index contributed by atoms with van der Waals surface area (Å²) in [6, 6.07) is 6.73. The third kappa shape index (κ3) is 5.38. The van der Waals surface area contributed by atoms with Crippen LogP contribution >= 0.6 is 11.6 Å². The third-order valence-corrected chi connectivity index (χ3v) is 4.09. The number of amides is 2. The van der Waals surface area contributed by atoms with Gasteiger partial charge in [-0.1, -0.05) is 49.8 Å². The van der Waals surface area contributed by atoms with Gasteiger partial charge >= 0.3 is 11.8 Å². The van der Waals surface area contributed by atoms with Crippen LogP contribution in [0.1, 0.15) is 38.5 Å². The Morgan fingerprint density at radius 3 is 2.62 bits per heavy atom. The SMILES string of the molecule is O=C(NCCC1CCCCC1)C(=O)Nc1cccc(Cl)c1. The van der Waals surface area contributed by atoms with E-state index in [0.29, 0.717) is 23.2 Å². The minimum absolute atomic E-state index is 0.519. The van der Waals surface area contributed by atoms with Crippen molar-refractivity contribution >= 4 is 29.1 Å². The van der Waals surface area contributed by atoms with Crippen molar-refractivity contribution in [3.8, 4) is 0 Å². The average Bonchev–Trinajstić information content (AvgIpc) is 2.48. The number of benzene rings is 1. The summed E-state index contributed by atoms with van der Waals surface area (Å²) in [7, 11) is 0. The highest BCUT2D eigenvalue weighted by Crippen LogP contribution is 2.25. The van der Waals surface area contributed by atoms with Crippen LogP contribution in [0.25, 0.3) is 0 Å². The lowest BCUT2D eigenvalue weighted by atomic mass is 9.87. The normalized spacial score (nSPS) is 15.5. The van der Waals surface area contributed by atoms with Gasteiger partial charge in [0.05, 0.1) is 0 Å². The Labute approximate surface area is 130 Å². The maximum Gasteiger partial charge on any atom is 0.313 e. The fourth-order valence-corrected chi connectivity index (χ4v) is 2.89. The fraction of sp³-hybridized carbons (Fsp3) is 0.500. The van der Waals surface area contributed by atoms with E-state index in [1.807, 2.05) is 0 Å². The van der Waals surface area contributed by atoms with E-state index >= 15 is 0 Å². The minimum Gasteiger partial charge on any atom is -0.348 e. The number of carbonyl (C=O) groups is 2. The molecule has 1 saturated carbocycles. The number of rotatable bonds is 4. The van der Waals surface area contributed by atoms with Crippen molar-refractivity contribution < 1.29 is 9.59 Å². The lowest BCUT2D eigenvalue weighted by Gasteiger charge is -2.21. The van der Waals surface area contributed by atoms with Crippen LogP contribution in [0.3, 0.4) is 0 Å². The molecule has 0 saturated heterocycles. The Balaban J connectivity index is 1.71. The highest BCUT2D eigenvalue weighted by atomic mass is 35.5. The predicted molar refractivity (Wildman–Crippen MR) is 84.3 cm³/mol. The first kappa shape index (κ1) is 15.8. The Hall–Kier alpha value is -1.55. The van der Waals surface area contributed by atoms with E-state index in [0.717, 1.165) is 6.42 Å². The highest BCUT2D eigenvalue weighted by Gasteiger charge is 2.16. The van der Waals surface area contributed by atoms with Crippen molar-refractivity contribution in [2.24, 2.45) is 5.92 Å². The van der Waals surface area contributed by atoms with Gasteiger partial charge in [-0.3, -0.25) is 9.59 Å². The third-order valence-electron chi connectivity index (χ3n) is 3.85. The van der Waals surface area contributed by atoms with Gasteiger partial charge in [-0.25, -0.2) is 0 Å². The molecule has 0 atom stereocenters. The molecule has 1 aliphatic carbocycles. The van der Waals surface area contributed by atoms with Crippen LogP contribution in [-0.2, 0) is 9.59 Å². The van der Waals surface area contributed by atoms with Crippen molar-refractivity contribution in [1.29, 1.82) is 0 Å². The van der Waals surface area contributed by atoms with E-state index in [4.69, 9.17) is 11.6 Å². The maximum absolute atomic E-state index is 11.7. The second-order valence-electron chi connectivity index (χ2n) is 5.51. The molecule has 0 aliphatic heterocycles. The molecule has 21 heavy (non-hydrogen) atoms. The zero-order valence-corrected chi connectivity index (χ0v) is 12.8. The summed E-state index contributed by atoms with van der Waals surface area (Å²) in [4.78, 5) is 23.5. The van der Waals surface area contributed by atoms with Crippen LogP contribution < -0.4 is 10.6 Å². The first-order chi connectivity index (χ1) is 10.1. The average molecular weight is 309 g/mol. The van der Waals surface area contributed by atoms with Crippen molar-refractivity contribution in [1.82, 2.24) is 5.32 Å². The number of halogens is 1. The van der Waals surface area contributed by atoms with Gasteiger partial charge in [0.2, 0.25) is 0 Å². The number of hydrogen-bond donors (Lipinski definition) is 2. The molecule has 0 radical (unpaired) electrons. The van der Waals surface area contributed by atoms with E-state index in [1.165, 1.54) is 32.1 Å². The lowest BCUT2D eigenvalue weighted by Crippen LogP contribution is -2.36. The standard InChI is InChI=1S/C16H21ClN2O2/c17-13-7-4-8-14(11-13)19-16(21)15(20)18-10-9-12-5-2-1-3-6-12/h4,7-8,11-12H,1-3,5-6,9-10H2,(H,18,20)(H,19,21). The molecule has 0 heterocycles. The van der Waals surface area contributed by atoms with Gasteiger partial charge in [0.25, 0.3) is 0 Å². The number of anilines is 1. The van der Waals surface area contributed by atoms with Crippen molar-refractivity contribution in [3.63, 3.8) is 0 Å². The molecule has 1 fully saturated rings. The Morgan fingerprint density at radius 2 is 1.90 bits per heavy atom. The number of nitrogens with one attached hydrogen (secondary N) is 2. The second-order valence-corrected chi connectivity index (χ2v) is 5.95. The smallest absolute Gasteiger partial charge is 0.313 e. The molecule has 0 bridgehead atoms. The molecule has 0 aromatic heterocycles. The first-order valence-electron chi connectivity index (χ1n) is 7.50. The van der Waals surface area contributed by atoms with Crippen LogP contribution in [-0.4, -0.2) is 18.4 Å². The van der Waals surface area contributed by atoms with Crippen LogP contribution in [0.4, 0.5) is 5.69 Å². The van der Waals surface area contributed by atoms with E-state index in [2.05, 4.69) is 10.6 Å². The van der Waals surface area contributed by atoms with E-state index < -0.39 is 11.8 Å². The zero-order chi connectivity index (χ0) is 15.1. The van der Waals surface area contributed by atoms with Crippen LogP contribution in [0.5, 0.6) is 0 Å². The molecule has 0 unspecified atom stereocenters. The molecule has 2 N–H and O–H groups in total. The molecule has 1 aromatic carbocycles. The predicted octanol–water partition coefficient (Wildman–Crippen LogP) is 3.37. The van der Waals surface area contributed by atoms with Crippen molar-refractivity contribution in [2.75, 3.05) is 11.9 Å². The van der Waals surface area contributed by atoms with Gasteiger partial charge in [-0.15, -0.1) is 0 Å². The van der Waals surface area contributed by atoms with Crippen LogP contribution in [0.2, 0.25) is 5.02 Å². The Kier molecular flexibility index (Phi) is 6.05. The Morgan fingerprint density at radius 1 is 1.14 bits per heavy atom. The summed E-state index contributed by atoms with van der Waals surface area (Å²) in [5.41, 5.74) is 0.523. The van der Waals surface area contributed by atoms with Crippen LogP contribution in [0, 0.1) is 5.92 Å². The molecular weight excluding hydrogens is 288 g/mol. The summed E-state index contributed by atoms with van der Waals surface area (Å²) >= 11 is 5.83. The molecule has 114 valence electrons. The fourth-order valence-electron chi connectivity index (χ4n) is 2.70. The van der Waals surface area contributed by atoms with E-state index in [-0.39, 0.29) is 0 Å². The quantitative estimate of drug-likeness (QED) is 0.838. The van der Waals surface area contributed by atoms with Gasteiger partial charge in [-0.05, 0) is 30.5 Å². The van der Waals surface area contributed by atoms with Gasteiger partial charge in [0, 0.05) is 17.3 Å². The summed E-state index contributed by atoms with van der Waals surface area (Å²) in [5.74, 6) is -0.554. The first-order valence-corrected chi connectivity index (χ1v) is 7.87.